The summed E-state index contributed by atoms with van der Waals surface area (Å²) in [6.45, 7) is 9.15. The minimum Gasteiger partial charge on any atom is -0.492 e. The van der Waals surface area contributed by atoms with E-state index in [1.54, 1.807) is 19.1 Å². The van der Waals surface area contributed by atoms with Crippen molar-refractivity contribution >= 4 is 5.78 Å². The fraction of sp³-hybridized carbons (Fsp3) is 0.562. The lowest BCUT2D eigenvalue weighted by Crippen LogP contribution is -2.46. The van der Waals surface area contributed by atoms with Gasteiger partial charge in [0, 0.05) is 25.2 Å². The van der Waals surface area contributed by atoms with Gasteiger partial charge in [0.25, 0.3) is 0 Å². The number of hydrogen-bond donors (Lipinski definition) is 0. The van der Waals surface area contributed by atoms with Crippen LogP contribution in [-0.4, -0.2) is 49.1 Å². The predicted octanol–water partition coefficient (Wildman–Crippen LogP) is 2.38. The van der Waals surface area contributed by atoms with Crippen molar-refractivity contribution in [3.8, 4) is 5.75 Å². The molecule has 1 saturated heterocycles. The Morgan fingerprint density at radius 2 is 2.05 bits per heavy atom. The normalized spacial score (nSPS) is 23.6. The first-order valence-electron chi connectivity index (χ1n) is 7.16. The molecule has 0 amide bonds. The number of nitrogens with zero attached hydrogens (tertiary/aromatic N) is 1. The van der Waals surface area contributed by atoms with Gasteiger partial charge in [-0.05, 0) is 32.9 Å². The van der Waals surface area contributed by atoms with Crippen molar-refractivity contribution in [2.75, 3.05) is 26.2 Å². The van der Waals surface area contributed by atoms with E-state index >= 15 is 0 Å². The number of carbonyl (C=O) groups excluding carboxylic acids is 1. The molecule has 0 N–H and O–H groups in total. The van der Waals surface area contributed by atoms with Gasteiger partial charge < -0.3 is 9.47 Å². The standard InChI is InChI=1S/C16H23NO3/c1-12-10-17(11-13(2)20-12)7-8-19-16-6-4-5-15(9-16)14(3)18/h4-6,9,12-13H,7-8,10-11H2,1-3H3/t12-,13-/m1/s1. The van der Waals surface area contributed by atoms with E-state index in [0.29, 0.717) is 12.2 Å². The number of Topliss-reactive ketones (excluding diaryl/α,β-unsaturated/α-hetero) is 1. The Balaban J connectivity index is 1.81. The third kappa shape index (κ3) is 4.32. The molecule has 1 aliphatic heterocycles. The maximum atomic E-state index is 11.3. The van der Waals surface area contributed by atoms with Gasteiger partial charge in [-0.15, -0.1) is 0 Å². The second-order valence-electron chi connectivity index (χ2n) is 5.45. The lowest BCUT2D eigenvalue weighted by Gasteiger charge is -2.35. The molecule has 0 saturated carbocycles. The van der Waals surface area contributed by atoms with E-state index in [1.807, 2.05) is 12.1 Å². The van der Waals surface area contributed by atoms with Crippen LogP contribution >= 0.6 is 0 Å². The highest BCUT2D eigenvalue weighted by atomic mass is 16.5. The molecule has 1 aliphatic rings. The number of ketones is 1. The van der Waals surface area contributed by atoms with Crippen molar-refractivity contribution in [2.24, 2.45) is 0 Å². The largest absolute Gasteiger partial charge is 0.492 e. The number of morpholine rings is 1. The quantitative estimate of drug-likeness (QED) is 0.775. The number of ether oxygens (including phenoxy) is 2. The van der Waals surface area contributed by atoms with Crippen molar-refractivity contribution < 1.29 is 14.3 Å². The molecule has 1 heterocycles. The zero-order chi connectivity index (χ0) is 14.5. The molecule has 2 rings (SSSR count). The SMILES string of the molecule is CC(=O)c1cccc(OCCN2C[C@@H](C)O[C@H](C)C2)c1. The van der Waals surface area contributed by atoms with Gasteiger partial charge in [-0.2, -0.15) is 0 Å². The van der Waals surface area contributed by atoms with E-state index in [9.17, 15) is 4.79 Å². The van der Waals surface area contributed by atoms with Crippen LogP contribution in [-0.2, 0) is 4.74 Å². The van der Waals surface area contributed by atoms with E-state index in [1.165, 1.54) is 0 Å². The minimum atomic E-state index is 0.0614. The second-order valence-corrected chi connectivity index (χ2v) is 5.45. The summed E-state index contributed by atoms with van der Waals surface area (Å²) in [5.41, 5.74) is 0.691. The van der Waals surface area contributed by atoms with Crippen molar-refractivity contribution in [1.82, 2.24) is 4.90 Å². The van der Waals surface area contributed by atoms with Crippen LogP contribution in [0.3, 0.4) is 0 Å². The van der Waals surface area contributed by atoms with Crippen LogP contribution in [0.25, 0.3) is 0 Å². The molecule has 0 unspecified atom stereocenters. The predicted molar refractivity (Wildman–Crippen MR) is 78.4 cm³/mol. The molecule has 4 heteroatoms. The van der Waals surface area contributed by atoms with Crippen LogP contribution in [0.2, 0.25) is 0 Å². The molecule has 0 radical (unpaired) electrons. The van der Waals surface area contributed by atoms with E-state index in [-0.39, 0.29) is 18.0 Å². The van der Waals surface area contributed by atoms with Crippen LogP contribution in [0.5, 0.6) is 5.75 Å². The van der Waals surface area contributed by atoms with E-state index in [0.717, 1.165) is 25.4 Å². The molecule has 1 aromatic carbocycles. The Bertz CT molecular complexity index is 451. The molecule has 1 fully saturated rings. The summed E-state index contributed by atoms with van der Waals surface area (Å²) >= 11 is 0. The molecule has 20 heavy (non-hydrogen) atoms. The second kappa shape index (κ2) is 6.86. The van der Waals surface area contributed by atoms with Crippen LogP contribution in [0, 0.1) is 0 Å². The molecule has 0 aromatic heterocycles. The highest BCUT2D eigenvalue weighted by molar-refractivity contribution is 5.94. The third-order valence-corrected chi connectivity index (χ3v) is 3.41. The first-order valence-corrected chi connectivity index (χ1v) is 7.16. The van der Waals surface area contributed by atoms with E-state index < -0.39 is 0 Å². The Morgan fingerprint density at radius 1 is 1.35 bits per heavy atom. The number of hydrogen-bond acceptors (Lipinski definition) is 4. The Labute approximate surface area is 120 Å². The summed E-state index contributed by atoms with van der Waals surface area (Å²) in [6, 6.07) is 7.34. The summed E-state index contributed by atoms with van der Waals surface area (Å²) in [7, 11) is 0. The van der Waals surface area contributed by atoms with Crippen molar-refractivity contribution in [3.05, 3.63) is 29.8 Å². The number of rotatable bonds is 5. The fourth-order valence-corrected chi connectivity index (χ4v) is 2.56. The van der Waals surface area contributed by atoms with E-state index in [4.69, 9.17) is 9.47 Å². The van der Waals surface area contributed by atoms with Gasteiger partial charge in [0.1, 0.15) is 12.4 Å². The highest BCUT2D eigenvalue weighted by Crippen LogP contribution is 2.14. The topological polar surface area (TPSA) is 38.8 Å². The summed E-state index contributed by atoms with van der Waals surface area (Å²) in [4.78, 5) is 13.7. The smallest absolute Gasteiger partial charge is 0.159 e. The van der Waals surface area contributed by atoms with Gasteiger partial charge in [0.05, 0.1) is 12.2 Å². The average molecular weight is 277 g/mol. The number of carbonyl (C=O) groups is 1. The van der Waals surface area contributed by atoms with Crippen molar-refractivity contribution in [1.29, 1.82) is 0 Å². The van der Waals surface area contributed by atoms with E-state index in [2.05, 4.69) is 18.7 Å². The summed E-state index contributed by atoms with van der Waals surface area (Å²) in [5, 5.41) is 0. The lowest BCUT2D eigenvalue weighted by molar-refractivity contribution is -0.0699. The Morgan fingerprint density at radius 3 is 2.70 bits per heavy atom. The monoisotopic (exact) mass is 277 g/mol. The van der Waals surface area contributed by atoms with Gasteiger partial charge in [-0.25, -0.2) is 0 Å². The van der Waals surface area contributed by atoms with Gasteiger partial charge >= 0.3 is 0 Å². The first-order chi connectivity index (χ1) is 9.54. The molecule has 0 spiro atoms. The summed E-state index contributed by atoms with van der Waals surface area (Å²) in [6.07, 6.45) is 0.555. The summed E-state index contributed by atoms with van der Waals surface area (Å²) in [5.74, 6) is 0.818. The fourth-order valence-electron chi connectivity index (χ4n) is 2.56. The third-order valence-electron chi connectivity index (χ3n) is 3.41. The van der Waals surface area contributed by atoms with Crippen LogP contribution in [0.15, 0.2) is 24.3 Å². The molecule has 2 atom stereocenters. The van der Waals surface area contributed by atoms with Gasteiger partial charge in [-0.3, -0.25) is 9.69 Å². The Hall–Kier alpha value is -1.39. The molecule has 0 aliphatic carbocycles. The molecule has 4 nitrogen and oxygen atoms in total. The maximum absolute atomic E-state index is 11.3. The number of benzene rings is 1. The van der Waals surface area contributed by atoms with Crippen molar-refractivity contribution in [2.45, 2.75) is 33.0 Å². The summed E-state index contributed by atoms with van der Waals surface area (Å²) < 4.78 is 11.4. The molecular weight excluding hydrogens is 254 g/mol. The average Bonchev–Trinajstić information content (AvgIpc) is 2.38. The minimum absolute atomic E-state index is 0.0614. The lowest BCUT2D eigenvalue weighted by atomic mass is 10.1. The van der Waals surface area contributed by atoms with Crippen LogP contribution in [0.1, 0.15) is 31.1 Å². The first kappa shape index (κ1) is 15.0. The maximum Gasteiger partial charge on any atom is 0.159 e. The molecule has 0 bridgehead atoms. The molecule has 1 aromatic rings. The molecule has 110 valence electrons. The van der Waals surface area contributed by atoms with Crippen molar-refractivity contribution in [3.63, 3.8) is 0 Å². The Kier molecular flexibility index (Phi) is 5.15. The van der Waals surface area contributed by atoms with Gasteiger partial charge in [0.15, 0.2) is 5.78 Å². The highest BCUT2D eigenvalue weighted by Gasteiger charge is 2.21. The zero-order valence-corrected chi connectivity index (χ0v) is 12.5. The van der Waals surface area contributed by atoms with Crippen LogP contribution in [0.4, 0.5) is 0 Å². The van der Waals surface area contributed by atoms with Gasteiger partial charge in [0.2, 0.25) is 0 Å². The molecular formula is C16H23NO3. The van der Waals surface area contributed by atoms with Crippen LogP contribution < -0.4 is 4.74 Å². The van der Waals surface area contributed by atoms with Gasteiger partial charge in [-0.1, -0.05) is 12.1 Å². The zero-order valence-electron chi connectivity index (χ0n) is 12.5.